The topological polar surface area (TPSA) is 115 Å². The average molecular weight is 534 g/mol. The summed E-state index contributed by atoms with van der Waals surface area (Å²) in [5.41, 5.74) is -0.0149. The maximum absolute atomic E-state index is 13.5. The molecule has 12 heteroatoms. The van der Waals surface area contributed by atoms with Gasteiger partial charge in [-0.05, 0) is 66.9 Å². The summed E-state index contributed by atoms with van der Waals surface area (Å²) >= 11 is 0. The Bertz CT molecular complexity index is 1590. The SMILES string of the molecule is COc1ccc(S(=O)(=O)N2C[C@@H]3C[C@H](C2)c2ccc(NS(=O)(=O)c4cccc(F)c4)c(=O)n2C3)cc1. The van der Waals surface area contributed by atoms with E-state index in [9.17, 15) is 26.0 Å². The second-order valence-electron chi connectivity index (χ2n) is 8.95. The zero-order valence-corrected chi connectivity index (χ0v) is 20.9. The predicted octanol–water partition coefficient (Wildman–Crippen LogP) is 2.60. The Balaban J connectivity index is 1.42. The number of hydrogen-bond acceptors (Lipinski definition) is 6. The number of nitrogens with one attached hydrogen (secondary N) is 1. The Hall–Kier alpha value is -3.22. The smallest absolute Gasteiger partial charge is 0.275 e. The lowest BCUT2D eigenvalue weighted by atomic mass is 9.84. The average Bonchev–Trinajstić information content (AvgIpc) is 2.86. The third-order valence-corrected chi connectivity index (χ3v) is 9.83. The number of anilines is 1. The van der Waals surface area contributed by atoms with Crippen molar-refractivity contribution in [1.29, 1.82) is 0 Å². The summed E-state index contributed by atoms with van der Waals surface area (Å²) in [7, 11) is -6.40. The molecule has 190 valence electrons. The molecule has 5 rings (SSSR count). The molecular weight excluding hydrogens is 509 g/mol. The summed E-state index contributed by atoms with van der Waals surface area (Å²) in [6, 6.07) is 13.8. The second kappa shape index (κ2) is 9.02. The molecule has 0 saturated carbocycles. The highest BCUT2D eigenvalue weighted by atomic mass is 32.2. The Morgan fingerprint density at radius 3 is 2.39 bits per heavy atom. The zero-order valence-electron chi connectivity index (χ0n) is 19.3. The molecule has 9 nitrogen and oxygen atoms in total. The molecule has 0 amide bonds. The van der Waals surface area contributed by atoms with Gasteiger partial charge in [-0.3, -0.25) is 9.52 Å². The fraction of sp³-hybridized carbons (Fsp3) is 0.292. The number of benzene rings is 2. The molecule has 0 spiro atoms. The summed E-state index contributed by atoms with van der Waals surface area (Å²) in [5.74, 6) is -0.479. The number of hydrogen-bond donors (Lipinski definition) is 1. The van der Waals surface area contributed by atoms with Crippen molar-refractivity contribution in [2.45, 2.75) is 28.7 Å². The van der Waals surface area contributed by atoms with Crippen molar-refractivity contribution in [3.8, 4) is 5.75 Å². The fourth-order valence-electron chi connectivity index (χ4n) is 4.91. The molecule has 1 aromatic heterocycles. The third kappa shape index (κ3) is 4.40. The Morgan fingerprint density at radius 2 is 1.69 bits per heavy atom. The third-order valence-electron chi connectivity index (χ3n) is 6.62. The Morgan fingerprint density at radius 1 is 0.944 bits per heavy atom. The molecule has 0 aliphatic carbocycles. The molecule has 2 aliphatic heterocycles. The van der Waals surface area contributed by atoms with Gasteiger partial charge in [0.1, 0.15) is 17.3 Å². The number of aromatic nitrogens is 1. The molecule has 2 aliphatic rings. The number of nitrogens with zero attached hydrogens (tertiary/aromatic N) is 2. The van der Waals surface area contributed by atoms with E-state index in [0.29, 0.717) is 11.4 Å². The van der Waals surface area contributed by atoms with Crippen molar-refractivity contribution in [3.05, 3.63) is 82.5 Å². The molecule has 3 aromatic rings. The number of piperidine rings is 1. The summed E-state index contributed by atoms with van der Waals surface area (Å²) in [5, 5.41) is 0. The van der Waals surface area contributed by atoms with E-state index in [4.69, 9.17) is 4.74 Å². The molecule has 36 heavy (non-hydrogen) atoms. The lowest BCUT2D eigenvalue weighted by molar-refractivity contribution is 0.186. The fourth-order valence-corrected chi connectivity index (χ4v) is 7.56. The van der Waals surface area contributed by atoms with Gasteiger partial charge in [0.05, 0.1) is 16.9 Å². The molecular formula is C24H24FN3O6S2. The van der Waals surface area contributed by atoms with E-state index in [1.807, 2.05) is 0 Å². The van der Waals surface area contributed by atoms with Gasteiger partial charge < -0.3 is 9.30 Å². The van der Waals surface area contributed by atoms with Gasteiger partial charge in [-0.1, -0.05) is 6.07 Å². The first-order valence-corrected chi connectivity index (χ1v) is 14.2. The van der Waals surface area contributed by atoms with E-state index in [1.54, 1.807) is 18.2 Å². The first kappa shape index (κ1) is 24.5. The molecule has 3 heterocycles. The Labute approximate surface area is 208 Å². The number of fused-ring (bicyclic) bond motifs is 4. The lowest BCUT2D eigenvalue weighted by Crippen LogP contribution is -2.49. The van der Waals surface area contributed by atoms with Crippen LogP contribution in [-0.2, 0) is 26.6 Å². The van der Waals surface area contributed by atoms with Crippen LogP contribution in [0.5, 0.6) is 5.75 Å². The van der Waals surface area contributed by atoms with Crippen molar-refractivity contribution in [3.63, 3.8) is 0 Å². The van der Waals surface area contributed by atoms with E-state index in [0.717, 1.165) is 18.6 Å². The minimum atomic E-state index is -4.17. The van der Waals surface area contributed by atoms with Crippen LogP contribution < -0.4 is 15.0 Å². The number of sulfonamides is 2. The normalized spacial score (nSPS) is 19.9. The van der Waals surface area contributed by atoms with Gasteiger partial charge in [0, 0.05) is 31.2 Å². The molecule has 1 N–H and O–H groups in total. The van der Waals surface area contributed by atoms with E-state index in [1.165, 1.54) is 46.3 Å². The summed E-state index contributed by atoms with van der Waals surface area (Å²) in [4.78, 5) is 13.1. The standard InChI is InChI=1S/C24H24FN3O6S2/c1-34-19-5-7-20(8-6-19)36(32,33)27-13-16-11-17(15-27)23-10-9-22(24(29)28(23)14-16)26-35(30,31)21-4-2-3-18(25)12-21/h2-10,12,16-17,26H,11,13-15H2,1H3/t16-,17+/m0/s1. The first-order valence-electron chi connectivity index (χ1n) is 11.2. The number of ether oxygens (including phenoxy) is 1. The second-order valence-corrected chi connectivity index (χ2v) is 12.6. The van der Waals surface area contributed by atoms with Crippen molar-refractivity contribution in [1.82, 2.24) is 8.87 Å². The number of methoxy groups -OCH3 is 1. The maximum Gasteiger partial charge on any atom is 0.275 e. The first-order chi connectivity index (χ1) is 17.1. The van der Waals surface area contributed by atoms with E-state index >= 15 is 0 Å². The minimum Gasteiger partial charge on any atom is -0.497 e. The predicted molar refractivity (Wildman–Crippen MR) is 131 cm³/mol. The van der Waals surface area contributed by atoms with Gasteiger partial charge >= 0.3 is 0 Å². The maximum atomic E-state index is 13.5. The molecule has 2 aromatic carbocycles. The molecule has 1 fully saturated rings. The van der Waals surface area contributed by atoms with Crippen LogP contribution in [-0.4, -0.2) is 45.9 Å². The number of pyridine rings is 1. The van der Waals surface area contributed by atoms with Gasteiger partial charge in [-0.15, -0.1) is 0 Å². The highest BCUT2D eigenvalue weighted by Gasteiger charge is 2.40. The quantitative estimate of drug-likeness (QED) is 0.521. The number of halogens is 1. The largest absolute Gasteiger partial charge is 0.497 e. The van der Waals surface area contributed by atoms with E-state index in [-0.39, 0.29) is 46.9 Å². The molecule has 2 atom stereocenters. The van der Waals surface area contributed by atoms with Crippen molar-refractivity contribution >= 4 is 25.7 Å². The number of rotatable bonds is 6. The van der Waals surface area contributed by atoms with Crippen LogP contribution in [0.3, 0.4) is 0 Å². The summed E-state index contributed by atoms with van der Waals surface area (Å²) in [6.07, 6.45) is 0.725. The monoisotopic (exact) mass is 533 g/mol. The Kier molecular flexibility index (Phi) is 6.13. The van der Waals surface area contributed by atoms with E-state index < -0.39 is 31.4 Å². The molecule has 2 bridgehead atoms. The van der Waals surface area contributed by atoms with Crippen molar-refractivity contribution < 1.29 is 26.0 Å². The van der Waals surface area contributed by atoms with Crippen LogP contribution in [0.2, 0.25) is 0 Å². The molecule has 0 unspecified atom stereocenters. The molecule has 1 saturated heterocycles. The highest BCUT2D eigenvalue weighted by Crippen LogP contribution is 2.37. The highest BCUT2D eigenvalue weighted by molar-refractivity contribution is 7.92. The van der Waals surface area contributed by atoms with Gasteiger partial charge in [0.2, 0.25) is 10.0 Å². The minimum absolute atomic E-state index is 0.114. The van der Waals surface area contributed by atoms with Crippen LogP contribution in [0.15, 0.2) is 75.2 Å². The van der Waals surface area contributed by atoms with Gasteiger partial charge in [0.15, 0.2) is 0 Å². The van der Waals surface area contributed by atoms with Crippen LogP contribution in [0.4, 0.5) is 10.1 Å². The van der Waals surface area contributed by atoms with Crippen molar-refractivity contribution in [2.75, 3.05) is 24.9 Å². The zero-order chi connectivity index (χ0) is 25.7. The van der Waals surface area contributed by atoms with Crippen LogP contribution in [0.1, 0.15) is 18.0 Å². The van der Waals surface area contributed by atoms with Gasteiger partial charge in [0.25, 0.3) is 15.6 Å². The van der Waals surface area contributed by atoms with Crippen LogP contribution in [0.25, 0.3) is 0 Å². The van der Waals surface area contributed by atoms with Crippen molar-refractivity contribution in [2.24, 2.45) is 5.92 Å². The molecule has 0 radical (unpaired) electrons. The van der Waals surface area contributed by atoms with Gasteiger partial charge in [-0.2, -0.15) is 4.31 Å². The van der Waals surface area contributed by atoms with Crippen LogP contribution >= 0.6 is 0 Å². The van der Waals surface area contributed by atoms with Gasteiger partial charge in [-0.25, -0.2) is 21.2 Å². The van der Waals surface area contributed by atoms with E-state index in [2.05, 4.69) is 4.72 Å². The lowest BCUT2D eigenvalue weighted by Gasteiger charge is -2.42. The van der Waals surface area contributed by atoms with Crippen LogP contribution in [0, 0.1) is 11.7 Å². The summed E-state index contributed by atoms with van der Waals surface area (Å²) < 4.78 is 75.8. The summed E-state index contributed by atoms with van der Waals surface area (Å²) in [6.45, 7) is 0.712.